The summed E-state index contributed by atoms with van der Waals surface area (Å²) in [5, 5.41) is 0. The molecule has 0 atom stereocenters. The number of carbonyl (C=O) groups is 1. The van der Waals surface area contributed by atoms with Crippen LogP contribution in [-0.2, 0) is 14.8 Å². The zero-order valence-corrected chi connectivity index (χ0v) is 18.7. The van der Waals surface area contributed by atoms with E-state index in [1.807, 2.05) is 30.3 Å². The molecule has 3 aromatic carbocycles. The van der Waals surface area contributed by atoms with E-state index in [9.17, 15) is 13.2 Å². The van der Waals surface area contributed by atoms with Crippen LogP contribution in [-0.4, -0.2) is 35.6 Å². The van der Waals surface area contributed by atoms with Gasteiger partial charge >= 0.3 is 5.97 Å². The number of sulfonamides is 1. The zero-order valence-electron chi connectivity index (χ0n) is 17.9. The molecule has 4 aromatic rings. The second-order valence-corrected chi connectivity index (χ2v) is 8.93. The summed E-state index contributed by atoms with van der Waals surface area (Å²) in [6.45, 7) is 1.32. The molecule has 0 aliphatic carbocycles. The molecule has 0 saturated heterocycles. The molecule has 0 radical (unpaired) electrons. The van der Waals surface area contributed by atoms with E-state index < -0.39 is 16.0 Å². The Morgan fingerprint density at radius 3 is 1.97 bits per heavy atom. The molecule has 0 bridgehead atoms. The molecule has 1 N–H and O–H groups in total. The van der Waals surface area contributed by atoms with Gasteiger partial charge in [-0.05, 0) is 24.3 Å². The van der Waals surface area contributed by atoms with Crippen molar-refractivity contribution in [2.75, 3.05) is 11.0 Å². The van der Waals surface area contributed by atoms with E-state index in [-0.39, 0.29) is 11.6 Å². The van der Waals surface area contributed by atoms with E-state index in [1.165, 1.54) is 6.92 Å². The summed E-state index contributed by atoms with van der Waals surface area (Å²) in [6.07, 6.45) is 1.08. The van der Waals surface area contributed by atoms with Gasteiger partial charge in [0.15, 0.2) is 17.5 Å². The van der Waals surface area contributed by atoms with Crippen molar-refractivity contribution in [3.8, 4) is 39.9 Å². The molecule has 0 aliphatic heterocycles. The molecule has 1 aromatic heterocycles. The topological polar surface area (TPSA) is 111 Å². The van der Waals surface area contributed by atoms with Crippen molar-refractivity contribution in [3.05, 3.63) is 78.9 Å². The lowest BCUT2D eigenvalue weighted by Gasteiger charge is -2.13. The van der Waals surface area contributed by atoms with Crippen molar-refractivity contribution in [1.29, 1.82) is 0 Å². The molecule has 0 fully saturated rings. The maximum atomic E-state index is 11.9. The summed E-state index contributed by atoms with van der Waals surface area (Å²) in [5.74, 6) is 0.780. The first kappa shape index (κ1) is 22.1. The summed E-state index contributed by atoms with van der Waals surface area (Å²) in [5.41, 5.74) is 2.07. The van der Waals surface area contributed by atoms with Gasteiger partial charge in [0.05, 0.1) is 17.5 Å². The second kappa shape index (κ2) is 9.17. The van der Waals surface area contributed by atoms with Crippen LogP contribution < -0.4 is 9.46 Å². The zero-order chi connectivity index (χ0) is 23.4. The standard InChI is InChI=1S/C24H20N4O4S/c1-16(29)32-21-15-9-7-13-19(21)24-26-22(17-10-4-3-5-11-17)25-23(27-24)18-12-6-8-14-20(18)28-33(2,30)31/h3-15,28H,1-2H3. The fourth-order valence-corrected chi connectivity index (χ4v) is 3.77. The highest BCUT2D eigenvalue weighted by molar-refractivity contribution is 7.92. The number of carbonyl (C=O) groups excluding carboxylic acids is 1. The number of ether oxygens (including phenoxy) is 1. The minimum Gasteiger partial charge on any atom is -0.426 e. The van der Waals surface area contributed by atoms with Crippen LogP contribution in [0, 0.1) is 0 Å². The molecule has 0 spiro atoms. The number of hydrogen-bond acceptors (Lipinski definition) is 7. The molecule has 0 aliphatic rings. The first-order valence-electron chi connectivity index (χ1n) is 9.97. The maximum absolute atomic E-state index is 11.9. The van der Waals surface area contributed by atoms with Crippen molar-refractivity contribution >= 4 is 21.7 Å². The number of aromatic nitrogens is 3. The van der Waals surface area contributed by atoms with Crippen molar-refractivity contribution in [1.82, 2.24) is 15.0 Å². The number of esters is 1. The van der Waals surface area contributed by atoms with Crippen LogP contribution in [0.3, 0.4) is 0 Å². The molecule has 8 nitrogen and oxygen atoms in total. The van der Waals surface area contributed by atoms with Crippen LogP contribution in [0.1, 0.15) is 6.92 Å². The summed E-state index contributed by atoms with van der Waals surface area (Å²) in [7, 11) is -3.53. The van der Waals surface area contributed by atoms with Gasteiger partial charge in [-0.1, -0.05) is 54.6 Å². The average molecular weight is 461 g/mol. The van der Waals surface area contributed by atoms with E-state index >= 15 is 0 Å². The number of para-hydroxylation sites is 2. The third-order valence-electron chi connectivity index (χ3n) is 4.51. The Hall–Kier alpha value is -4.11. The predicted octanol–water partition coefficient (Wildman–Crippen LogP) is 4.17. The minimum atomic E-state index is -3.53. The summed E-state index contributed by atoms with van der Waals surface area (Å²) in [4.78, 5) is 25.5. The van der Waals surface area contributed by atoms with Gasteiger partial charge in [0, 0.05) is 18.1 Å². The van der Waals surface area contributed by atoms with Crippen molar-refractivity contribution in [2.45, 2.75) is 6.92 Å². The molecule has 33 heavy (non-hydrogen) atoms. The Balaban J connectivity index is 1.95. The van der Waals surface area contributed by atoms with Crippen LogP contribution in [0.5, 0.6) is 5.75 Å². The van der Waals surface area contributed by atoms with Gasteiger partial charge in [0.1, 0.15) is 5.75 Å². The molecule has 0 saturated carbocycles. The van der Waals surface area contributed by atoms with Crippen LogP contribution in [0.2, 0.25) is 0 Å². The number of rotatable bonds is 6. The van der Waals surface area contributed by atoms with E-state index in [0.717, 1.165) is 11.8 Å². The van der Waals surface area contributed by atoms with Crippen LogP contribution >= 0.6 is 0 Å². The van der Waals surface area contributed by atoms with Gasteiger partial charge in [-0.15, -0.1) is 0 Å². The molecule has 0 amide bonds. The number of benzene rings is 3. The smallest absolute Gasteiger partial charge is 0.308 e. The average Bonchev–Trinajstić information content (AvgIpc) is 2.79. The van der Waals surface area contributed by atoms with Gasteiger partial charge in [0.2, 0.25) is 10.0 Å². The number of nitrogens with zero attached hydrogens (tertiary/aromatic N) is 3. The largest absolute Gasteiger partial charge is 0.426 e. The minimum absolute atomic E-state index is 0.267. The molecular weight excluding hydrogens is 440 g/mol. The van der Waals surface area contributed by atoms with Crippen LogP contribution in [0.15, 0.2) is 78.9 Å². The highest BCUT2D eigenvalue weighted by Gasteiger charge is 2.18. The van der Waals surface area contributed by atoms with Gasteiger partial charge in [0.25, 0.3) is 0 Å². The highest BCUT2D eigenvalue weighted by atomic mass is 32.2. The van der Waals surface area contributed by atoms with Gasteiger partial charge in [-0.3, -0.25) is 9.52 Å². The predicted molar refractivity (Wildman–Crippen MR) is 126 cm³/mol. The summed E-state index contributed by atoms with van der Waals surface area (Å²) >= 11 is 0. The van der Waals surface area contributed by atoms with E-state index in [0.29, 0.717) is 28.4 Å². The molecule has 0 unspecified atom stereocenters. The second-order valence-electron chi connectivity index (χ2n) is 7.18. The molecule has 166 valence electrons. The lowest BCUT2D eigenvalue weighted by atomic mass is 10.1. The summed E-state index contributed by atoms with van der Waals surface area (Å²) < 4.78 is 31.6. The third-order valence-corrected chi connectivity index (χ3v) is 5.10. The van der Waals surface area contributed by atoms with Crippen LogP contribution in [0.25, 0.3) is 34.2 Å². The van der Waals surface area contributed by atoms with E-state index in [4.69, 9.17) is 4.74 Å². The van der Waals surface area contributed by atoms with Gasteiger partial charge in [-0.25, -0.2) is 23.4 Å². The molecule has 9 heteroatoms. The van der Waals surface area contributed by atoms with Crippen molar-refractivity contribution in [2.24, 2.45) is 0 Å². The van der Waals surface area contributed by atoms with E-state index in [1.54, 1.807) is 48.5 Å². The Morgan fingerprint density at radius 2 is 1.30 bits per heavy atom. The lowest BCUT2D eigenvalue weighted by Crippen LogP contribution is -2.11. The SMILES string of the molecule is CC(=O)Oc1ccccc1-c1nc(-c2ccccc2)nc(-c2ccccc2NS(C)(=O)=O)n1. The highest BCUT2D eigenvalue weighted by Crippen LogP contribution is 2.32. The van der Waals surface area contributed by atoms with Gasteiger partial charge in [-0.2, -0.15) is 0 Å². The van der Waals surface area contributed by atoms with Crippen molar-refractivity contribution < 1.29 is 17.9 Å². The molecule has 1 heterocycles. The fourth-order valence-electron chi connectivity index (χ4n) is 3.20. The fraction of sp³-hybridized carbons (Fsp3) is 0.0833. The van der Waals surface area contributed by atoms with E-state index in [2.05, 4.69) is 19.7 Å². The Morgan fingerprint density at radius 1 is 0.758 bits per heavy atom. The number of nitrogens with one attached hydrogen (secondary N) is 1. The van der Waals surface area contributed by atoms with Crippen molar-refractivity contribution in [3.63, 3.8) is 0 Å². The monoisotopic (exact) mass is 460 g/mol. The third kappa shape index (κ3) is 5.39. The first-order valence-corrected chi connectivity index (χ1v) is 11.9. The summed E-state index contributed by atoms with van der Waals surface area (Å²) in [6, 6.07) is 23.1. The Kier molecular flexibility index (Phi) is 6.14. The molecular formula is C24H20N4O4S. The van der Waals surface area contributed by atoms with Crippen LogP contribution in [0.4, 0.5) is 5.69 Å². The first-order chi connectivity index (χ1) is 15.8. The Labute approximate surface area is 191 Å². The lowest BCUT2D eigenvalue weighted by molar-refractivity contribution is -0.131. The Bertz CT molecular complexity index is 1420. The number of anilines is 1. The maximum Gasteiger partial charge on any atom is 0.308 e. The molecule has 4 rings (SSSR count). The normalized spacial score (nSPS) is 11.1. The number of hydrogen-bond donors (Lipinski definition) is 1. The quantitative estimate of drug-likeness (QED) is 0.339. The van der Waals surface area contributed by atoms with Gasteiger partial charge < -0.3 is 4.74 Å².